The standard InChI is InChI=1S/C15H20ClNO2/c1-11-10-13(18)5-6-14(11)15(19)17-9-3-2-4-12(17)7-8-16/h5-6,10,12,18H,2-4,7-9H2,1H3. The molecule has 0 radical (unpaired) electrons. The van der Waals surface area contributed by atoms with Crippen molar-refractivity contribution in [2.45, 2.75) is 38.6 Å². The molecule has 1 aliphatic rings. The number of amides is 1. The van der Waals surface area contributed by atoms with Crippen molar-refractivity contribution in [1.29, 1.82) is 0 Å². The average Bonchev–Trinajstić information content (AvgIpc) is 2.39. The third-order valence-corrected chi connectivity index (χ3v) is 3.99. The maximum absolute atomic E-state index is 12.6. The van der Waals surface area contributed by atoms with Gasteiger partial charge in [-0.2, -0.15) is 0 Å². The Kier molecular flexibility index (Phi) is 4.70. The molecule has 1 atom stereocenters. The van der Waals surface area contributed by atoms with Crippen LogP contribution in [0.15, 0.2) is 18.2 Å². The highest BCUT2D eigenvalue weighted by atomic mass is 35.5. The average molecular weight is 282 g/mol. The van der Waals surface area contributed by atoms with E-state index < -0.39 is 0 Å². The van der Waals surface area contributed by atoms with Gasteiger partial charge in [0.2, 0.25) is 0 Å². The number of alkyl halides is 1. The monoisotopic (exact) mass is 281 g/mol. The molecule has 104 valence electrons. The number of aryl methyl sites for hydroxylation is 1. The first-order valence-electron chi connectivity index (χ1n) is 6.80. The summed E-state index contributed by atoms with van der Waals surface area (Å²) in [5.41, 5.74) is 1.50. The fraction of sp³-hybridized carbons (Fsp3) is 0.533. The minimum Gasteiger partial charge on any atom is -0.508 e. The van der Waals surface area contributed by atoms with E-state index in [0.29, 0.717) is 11.4 Å². The molecule has 0 spiro atoms. The summed E-state index contributed by atoms with van der Waals surface area (Å²) in [4.78, 5) is 14.6. The molecule has 2 rings (SSSR count). The largest absolute Gasteiger partial charge is 0.508 e. The zero-order chi connectivity index (χ0) is 13.8. The van der Waals surface area contributed by atoms with Crippen molar-refractivity contribution < 1.29 is 9.90 Å². The van der Waals surface area contributed by atoms with Crippen LogP contribution in [-0.4, -0.2) is 34.4 Å². The Balaban J connectivity index is 2.21. The number of halogens is 1. The second-order valence-electron chi connectivity index (χ2n) is 5.13. The number of piperidine rings is 1. The zero-order valence-corrected chi connectivity index (χ0v) is 12.0. The summed E-state index contributed by atoms with van der Waals surface area (Å²) < 4.78 is 0. The van der Waals surface area contributed by atoms with Gasteiger partial charge in [0, 0.05) is 24.0 Å². The van der Waals surface area contributed by atoms with Gasteiger partial charge in [-0.05, 0) is 56.4 Å². The number of nitrogens with zero attached hydrogens (tertiary/aromatic N) is 1. The maximum atomic E-state index is 12.6. The fourth-order valence-corrected chi connectivity index (χ4v) is 2.99. The molecule has 0 saturated carbocycles. The van der Waals surface area contributed by atoms with E-state index in [-0.39, 0.29) is 17.7 Å². The molecular formula is C15H20ClNO2. The first-order valence-corrected chi connectivity index (χ1v) is 7.33. The Labute approximate surface area is 119 Å². The molecular weight excluding hydrogens is 262 g/mol. The topological polar surface area (TPSA) is 40.5 Å². The van der Waals surface area contributed by atoms with Crippen molar-refractivity contribution in [3.05, 3.63) is 29.3 Å². The van der Waals surface area contributed by atoms with Gasteiger partial charge in [0.05, 0.1) is 0 Å². The number of hydrogen-bond acceptors (Lipinski definition) is 2. The van der Waals surface area contributed by atoms with Gasteiger partial charge in [0.25, 0.3) is 5.91 Å². The lowest BCUT2D eigenvalue weighted by Crippen LogP contribution is -2.44. The number of carbonyl (C=O) groups is 1. The van der Waals surface area contributed by atoms with E-state index in [2.05, 4.69) is 0 Å². The predicted octanol–water partition coefficient (Wildman–Crippen LogP) is 3.32. The molecule has 1 amide bonds. The SMILES string of the molecule is Cc1cc(O)ccc1C(=O)N1CCCCC1CCCl. The number of carbonyl (C=O) groups excluding carboxylic acids is 1. The fourth-order valence-electron chi connectivity index (χ4n) is 2.74. The van der Waals surface area contributed by atoms with E-state index >= 15 is 0 Å². The Morgan fingerprint density at radius 2 is 2.26 bits per heavy atom. The summed E-state index contributed by atoms with van der Waals surface area (Å²) in [6, 6.07) is 5.17. The molecule has 1 aromatic rings. The number of rotatable bonds is 3. The lowest BCUT2D eigenvalue weighted by Gasteiger charge is -2.36. The molecule has 1 fully saturated rings. The van der Waals surface area contributed by atoms with Crippen molar-refractivity contribution in [1.82, 2.24) is 4.90 Å². The number of phenols is 1. The van der Waals surface area contributed by atoms with Crippen molar-refractivity contribution in [3.63, 3.8) is 0 Å². The molecule has 1 saturated heterocycles. The van der Waals surface area contributed by atoms with E-state index in [1.165, 1.54) is 6.42 Å². The number of likely N-dealkylation sites (tertiary alicyclic amines) is 1. The van der Waals surface area contributed by atoms with Crippen molar-refractivity contribution in [3.8, 4) is 5.75 Å². The lowest BCUT2D eigenvalue weighted by atomic mass is 9.97. The lowest BCUT2D eigenvalue weighted by molar-refractivity contribution is 0.0608. The smallest absolute Gasteiger partial charge is 0.254 e. The molecule has 0 bridgehead atoms. The van der Waals surface area contributed by atoms with Crippen LogP contribution in [0.1, 0.15) is 41.6 Å². The van der Waals surface area contributed by atoms with Gasteiger partial charge < -0.3 is 10.0 Å². The minimum absolute atomic E-state index is 0.0623. The quantitative estimate of drug-likeness (QED) is 0.864. The summed E-state index contributed by atoms with van der Waals surface area (Å²) in [7, 11) is 0. The number of benzene rings is 1. The molecule has 19 heavy (non-hydrogen) atoms. The molecule has 3 nitrogen and oxygen atoms in total. The van der Waals surface area contributed by atoms with Crippen LogP contribution in [-0.2, 0) is 0 Å². The summed E-state index contributed by atoms with van der Waals surface area (Å²) in [5, 5.41) is 9.42. The molecule has 0 aromatic heterocycles. The van der Waals surface area contributed by atoms with Crippen LogP contribution in [0.5, 0.6) is 5.75 Å². The predicted molar refractivity (Wildman–Crippen MR) is 76.9 cm³/mol. The van der Waals surface area contributed by atoms with Gasteiger partial charge in [0.1, 0.15) is 5.75 Å². The second-order valence-corrected chi connectivity index (χ2v) is 5.50. The molecule has 0 aliphatic carbocycles. The number of aromatic hydroxyl groups is 1. The van der Waals surface area contributed by atoms with Crippen molar-refractivity contribution >= 4 is 17.5 Å². The van der Waals surface area contributed by atoms with Crippen LogP contribution < -0.4 is 0 Å². The van der Waals surface area contributed by atoms with E-state index in [1.807, 2.05) is 11.8 Å². The Hall–Kier alpha value is -1.22. The van der Waals surface area contributed by atoms with Crippen LogP contribution in [0.25, 0.3) is 0 Å². The summed E-state index contributed by atoms with van der Waals surface area (Å²) in [5.74, 6) is 0.848. The van der Waals surface area contributed by atoms with Crippen LogP contribution in [0.2, 0.25) is 0 Å². The van der Waals surface area contributed by atoms with Crippen LogP contribution in [0.4, 0.5) is 0 Å². The molecule has 4 heteroatoms. The minimum atomic E-state index is 0.0623. The summed E-state index contributed by atoms with van der Waals surface area (Å²) in [6.45, 7) is 2.66. The molecule has 1 aliphatic heterocycles. The Bertz CT molecular complexity index is 459. The van der Waals surface area contributed by atoms with E-state index in [0.717, 1.165) is 31.4 Å². The van der Waals surface area contributed by atoms with Crippen molar-refractivity contribution in [2.75, 3.05) is 12.4 Å². The van der Waals surface area contributed by atoms with Gasteiger partial charge in [0.15, 0.2) is 0 Å². The maximum Gasteiger partial charge on any atom is 0.254 e. The van der Waals surface area contributed by atoms with Crippen LogP contribution >= 0.6 is 11.6 Å². The third kappa shape index (κ3) is 3.21. The highest BCUT2D eigenvalue weighted by Gasteiger charge is 2.27. The van der Waals surface area contributed by atoms with Gasteiger partial charge in [-0.1, -0.05) is 0 Å². The van der Waals surface area contributed by atoms with E-state index in [9.17, 15) is 9.90 Å². The van der Waals surface area contributed by atoms with Crippen LogP contribution in [0.3, 0.4) is 0 Å². The summed E-state index contributed by atoms with van der Waals surface area (Å²) >= 11 is 5.83. The third-order valence-electron chi connectivity index (χ3n) is 3.77. The van der Waals surface area contributed by atoms with Gasteiger partial charge in [-0.25, -0.2) is 0 Å². The van der Waals surface area contributed by atoms with Gasteiger partial charge in [-0.3, -0.25) is 4.79 Å². The normalized spacial score (nSPS) is 19.5. The highest BCUT2D eigenvalue weighted by molar-refractivity contribution is 6.17. The van der Waals surface area contributed by atoms with Crippen molar-refractivity contribution in [2.24, 2.45) is 0 Å². The first-order chi connectivity index (χ1) is 9.13. The zero-order valence-electron chi connectivity index (χ0n) is 11.2. The van der Waals surface area contributed by atoms with E-state index in [1.54, 1.807) is 18.2 Å². The Morgan fingerprint density at radius 3 is 2.95 bits per heavy atom. The first kappa shape index (κ1) is 14.2. The van der Waals surface area contributed by atoms with Gasteiger partial charge in [-0.15, -0.1) is 11.6 Å². The molecule has 1 heterocycles. The number of phenolic OH excluding ortho intramolecular Hbond substituents is 1. The molecule has 1 unspecified atom stereocenters. The summed E-state index contributed by atoms with van der Waals surface area (Å²) in [6.07, 6.45) is 4.11. The Morgan fingerprint density at radius 1 is 1.47 bits per heavy atom. The highest BCUT2D eigenvalue weighted by Crippen LogP contribution is 2.24. The van der Waals surface area contributed by atoms with Gasteiger partial charge >= 0.3 is 0 Å². The molecule has 1 N–H and O–H groups in total. The molecule has 1 aromatic carbocycles. The van der Waals surface area contributed by atoms with Crippen LogP contribution in [0, 0.1) is 6.92 Å². The second kappa shape index (κ2) is 6.29. The number of hydrogen-bond donors (Lipinski definition) is 1. The van der Waals surface area contributed by atoms with E-state index in [4.69, 9.17) is 11.6 Å².